The average molecular weight is 957 g/mol. The smallest absolute Gasteiger partial charge is 0.322 e. The summed E-state index contributed by atoms with van der Waals surface area (Å²) in [6.45, 7) is 22.7. The average Bonchev–Trinajstić information content (AvgIpc) is 3.13. The van der Waals surface area contributed by atoms with Crippen LogP contribution in [-0.4, -0.2) is 161 Å². The second-order valence-electron chi connectivity index (χ2n) is 21.4. The highest BCUT2D eigenvalue weighted by Crippen LogP contribution is 2.28. The second-order valence-corrected chi connectivity index (χ2v) is 21.4. The van der Waals surface area contributed by atoms with Crippen LogP contribution in [0.25, 0.3) is 11.1 Å². The molecule has 0 unspecified atom stereocenters. The molecule has 0 spiro atoms. The minimum absolute atomic E-state index is 0.00252. The number of carbonyl (C=O) groups is 7. The van der Waals surface area contributed by atoms with Crippen LogP contribution in [0.5, 0.6) is 5.75 Å². The van der Waals surface area contributed by atoms with Gasteiger partial charge in [0.2, 0.25) is 0 Å². The molecule has 18 heteroatoms. The molecule has 2 N–H and O–H groups in total. The molecule has 2 rings (SSSR count). The van der Waals surface area contributed by atoms with Gasteiger partial charge in [-0.3, -0.25) is 48.3 Å². The Bertz CT molecular complexity index is 1960. The molecule has 0 saturated heterocycles. The van der Waals surface area contributed by atoms with E-state index in [4.69, 9.17) is 28.4 Å². The minimum atomic E-state index is -1.26. The molecule has 0 saturated carbocycles. The van der Waals surface area contributed by atoms with Crippen molar-refractivity contribution in [2.24, 2.45) is 0 Å². The van der Waals surface area contributed by atoms with E-state index < -0.39 is 95.4 Å². The van der Waals surface area contributed by atoms with Gasteiger partial charge in [0.15, 0.2) is 0 Å². The standard InChI is InChI=1S/C50H76N4O14/c1-46(2,3)64-40(57)28-52(23-24-53(29-41(58)65-47(4,5)6)30-42(59)66-48(7,8)9)27-36(54(31-43(60)67-49(10,11)12)32-44(61)68-50(13,14)15)33-63-38-22-21-35(34-19-17-16-18-20-34)25-37(38)45(62)51-26-39(55)56/h16-22,25,36H,23-24,26-33H2,1-15H3,(H,51,62)(H,55,56)/t36-/m1/s1. The number of amides is 1. The number of carbonyl (C=O) groups excluding carboxylic acids is 6. The molecular weight excluding hydrogens is 881 g/mol. The first-order valence-corrected chi connectivity index (χ1v) is 22.7. The van der Waals surface area contributed by atoms with Crippen LogP contribution >= 0.6 is 0 Å². The second kappa shape index (κ2) is 25.1. The topological polar surface area (TPSA) is 217 Å². The van der Waals surface area contributed by atoms with Crippen LogP contribution < -0.4 is 10.1 Å². The van der Waals surface area contributed by atoms with Gasteiger partial charge in [0.05, 0.1) is 44.3 Å². The van der Waals surface area contributed by atoms with Gasteiger partial charge < -0.3 is 38.8 Å². The Morgan fingerprint density at radius 1 is 0.529 bits per heavy atom. The van der Waals surface area contributed by atoms with Gasteiger partial charge >= 0.3 is 35.8 Å². The van der Waals surface area contributed by atoms with E-state index in [-0.39, 0.29) is 57.2 Å². The van der Waals surface area contributed by atoms with Gasteiger partial charge in [-0.15, -0.1) is 0 Å². The highest BCUT2D eigenvalue weighted by atomic mass is 16.6. The SMILES string of the molecule is CC(C)(C)OC(=O)CN(CCN(CC(=O)OC(C)(C)C)C[C@H](COc1ccc(-c2ccccc2)cc1C(=O)NCC(=O)O)N(CC(=O)OC(C)(C)C)CC(=O)OC(C)(C)C)CC(=O)OC(C)(C)C. The molecule has 0 fully saturated rings. The number of rotatable bonds is 23. The van der Waals surface area contributed by atoms with Gasteiger partial charge in [0.25, 0.3) is 5.91 Å². The van der Waals surface area contributed by atoms with E-state index in [1.165, 1.54) is 9.80 Å². The maximum atomic E-state index is 13.7. The largest absolute Gasteiger partial charge is 0.491 e. The predicted octanol–water partition coefficient (Wildman–Crippen LogP) is 5.53. The van der Waals surface area contributed by atoms with Gasteiger partial charge in [0, 0.05) is 19.6 Å². The lowest BCUT2D eigenvalue weighted by Crippen LogP contribution is -2.54. The number of nitrogens with one attached hydrogen (secondary N) is 1. The summed E-state index contributed by atoms with van der Waals surface area (Å²) in [5.41, 5.74) is -2.94. The number of aliphatic carboxylic acids is 1. The Hall–Kier alpha value is -5.59. The van der Waals surface area contributed by atoms with Gasteiger partial charge in [-0.25, -0.2) is 0 Å². The molecule has 0 aliphatic rings. The lowest BCUT2D eigenvalue weighted by atomic mass is 10.0. The normalized spacial score (nSPS) is 12.9. The van der Waals surface area contributed by atoms with Gasteiger partial charge in [-0.05, 0) is 127 Å². The fourth-order valence-electron chi connectivity index (χ4n) is 6.45. The van der Waals surface area contributed by atoms with Crippen LogP contribution in [0.3, 0.4) is 0 Å². The zero-order valence-electron chi connectivity index (χ0n) is 42.9. The maximum Gasteiger partial charge on any atom is 0.322 e. The summed E-state index contributed by atoms with van der Waals surface area (Å²) < 4.78 is 34.8. The third-order valence-corrected chi connectivity index (χ3v) is 8.70. The third kappa shape index (κ3) is 25.5. The molecule has 0 aliphatic heterocycles. The van der Waals surface area contributed by atoms with Crippen molar-refractivity contribution >= 4 is 41.7 Å². The molecule has 68 heavy (non-hydrogen) atoms. The van der Waals surface area contributed by atoms with Crippen LogP contribution in [0.2, 0.25) is 0 Å². The summed E-state index contributed by atoms with van der Waals surface area (Å²) in [6, 6.07) is 13.1. The summed E-state index contributed by atoms with van der Waals surface area (Å²) >= 11 is 0. The van der Waals surface area contributed by atoms with Crippen LogP contribution in [0, 0.1) is 0 Å². The fraction of sp³-hybridized carbons (Fsp3) is 0.620. The number of hydrogen-bond acceptors (Lipinski definition) is 16. The van der Waals surface area contributed by atoms with Crippen molar-refractivity contribution in [3.8, 4) is 16.9 Å². The minimum Gasteiger partial charge on any atom is -0.491 e. The number of carboxylic acid groups (broad SMARTS) is 1. The number of hydrogen-bond donors (Lipinski definition) is 2. The van der Waals surface area contributed by atoms with Crippen molar-refractivity contribution in [3.63, 3.8) is 0 Å². The van der Waals surface area contributed by atoms with E-state index in [9.17, 15) is 38.7 Å². The van der Waals surface area contributed by atoms with Gasteiger partial charge in [-0.1, -0.05) is 36.4 Å². The van der Waals surface area contributed by atoms with Crippen LogP contribution in [0.15, 0.2) is 48.5 Å². The Labute approximate surface area is 402 Å². The van der Waals surface area contributed by atoms with E-state index in [0.717, 1.165) is 5.56 Å². The molecule has 0 bridgehead atoms. The zero-order valence-corrected chi connectivity index (χ0v) is 42.9. The fourth-order valence-corrected chi connectivity index (χ4v) is 6.45. The molecule has 0 aliphatic carbocycles. The van der Waals surface area contributed by atoms with Crippen molar-refractivity contribution < 1.29 is 67.1 Å². The summed E-state index contributed by atoms with van der Waals surface area (Å²) in [5, 5.41) is 11.8. The van der Waals surface area contributed by atoms with Crippen LogP contribution in [0.4, 0.5) is 0 Å². The number of nitrogens with zero attached hydrogens (tertiary/aromatic N) is 3. The van der Waals surface area contributed by atoms with Crippen molar-refractivity contribution in [2.45, 2.75) is 138 Å². The molecule has 18 nitrogen and oxygen atoms in total. The van der Waals surface area contributed by atoms with Gasteiger partial charge in [0.1, 0.15) is 46.9 Å². The van der Waals surface area contributed by atoms with Crippen LogP contribution in [-0.2, 0) is 52.5 Å². The number of carboxylic acids is 1. The summed E-state index contributed by atoms with van der Waals surface area (Å²) in [4.78, 5) is 97.2. The lowest BCUT2D eigenvalue weighted by Gasteiger charge is -2.36. The molecule has 0 aromatic heterocycles. The number of benzene rings is 2. The monoisotopic (exact) mass is 957 g/mol. The lowest BCUT2D eigenvalue weighted by molar-refractivity contribution is -0.163. The third-order valence-electron chi connectivity index (χ3n) is 8.70. The quantitative estimate of drug-likeness (QED) is 0.103. The van der Waals surface area contributed by atoms with E-state index in [1.807, 2.05) is 30.3 Å². The first-order chi connectivity index (χ1) is 31.1. The molecule has 1 amide bonds. The highest BCUT2D eigenvalue weighted by molar-refractivity contribution is 5.99. The predicted molar refractivity (Wildman–Crippen MR) is 255 cm³/mol. The Morgan fingerprint density at radius 3 is 1.34 bits per heavy atom. The van der Waals surface area contributed by atoms with E-state index in [2.05, 4.69) is 5.32 Å². The first-order valence-electron chi connectivity index (χ1n) is 22.7. The van der Waals surface area contributed by atoms with E-state index >= 15 is 0 Å². The van der Waals surface area contributed by atoms with E-state index in [1.54, 1.807) is 127 Å². The maximum absolute atomic E-state index is 13.7. The highest BCUT2D eigenvalue weighted by Gasteiger charge is 2.33. The molecular formula is C50H76N4O14. The summed E-state index contributed by atoms with van der Waals surface area (Å²) in [5.74, 6) is -5.16. The summed E-state index contributed by atoms with van der Waals surface area (Å²) in [7, 11) is 0. The Balaban J connectivity index is 2.81. The molecule has 380 valence electrons. The van der Waals surface area contributed by atoms with Crippen LogP contribution in [0.1, 0.15) is 114 Å². The number of ether oxygens (including phenoxy) is 6. The molecule has 0 heterocycles. The molecule has 2 aromatic rings. The molecule has 1 atom stereocenters. The zero-order chi connectivity index (χ0) is 51.8. The van der Waals surface area contributed by atoms with E-state index in [0.29, 0.717) is 5.56 Å². The molecule has 0 radical (unpaired) electrons. The first kappa shape index (κ1) is 58.5. The Morgan fingerprint density at radius 2 is 0.926 bits per heavy atom. The van der Waals surface area contributed by atoms with Gasteiger partial charge in [-0.2, -0.15) is 0 Å². The van der Waals surface area contributed by atoms with Crippen molar-refractivity contribution in [2.75, 3.05) is 65.5 Å². The molecule has 2 aromatic carbocycles. The van der Waals surface area contributed by atoms with Crippen molar-refractivity contribution in [1.82, 2.24) is 20.0 Å². The van der Waals surface area contributed by atoms with Crippen molar-refractivity contribution in [3.05, 3.63) is 54.1 Å². The number of esters is 5. The van der Waals surface area contributed by atoms with Crippen molar-refractivity contribution in [1.29, 1.82) is 0 Å². The summed E-state index contributed by atoms with van der Waals surface area (Å²) in [6.07, 6.45) is 0. The Kier molecular flexibility index (Phi) is 21.6.